The van der Waals surface area contributed by atoms with Gasteiger partial charge in [-0.3, -0.25) is 9.59 Å². The molecule has 0 aliphatic heterocycles. The molecule has 0 saturated heterocycles. The van der Waals surface area contributed by atoms with Gasteiger partial charge in [0.1, 0.15) is 0 Å². The molecule has 6 nitrogen and oxygen atoms in total. The minimum atomic E-state index is -0.664. The van der Waals surface area contributed by atoms with Crippen LogP contribution in [0.2, 0.25) is 0 Å². The predicted molar refractivity (Wildman–Crippen MR) is 352 cm³/mol. The molecular formula is C74H139NO5. The molecule has 0 aliphatic rings. The molecule has 2 atom stereocenters. The number of hydrogen-bond donors (Lipinski definition) is 3. The maximum Gasteiger partial charge on any atom is 0.305 e. The van der Waals surface area contributed by atoms with Crippen LogP contribution < -0.4 is 5.32 Å². The summed E-state index contributed by atoms with van der Waals surface area (Å²) in [5, 5.41) is 23.3. The largest absolute Gasteiger partial charge is 0.466 e. The van der Waals surface area contributed by atoms with E-state index in [1.165, 1.54) is 295 Å². The van der Waals surface area contributed by atoms with E-state index in [4.69, 9.17) is 4.74 Å². The van der Waals surface area contributed by atoms with Crippen molar-refractivity contribution in [2.45, 2.75) is 398 Å². The van der Waals surface area contributed by atoms with Crippen molar-refractivity contribution in [3.05, 3.63) is 48.6 Å². The number of allylic oxidation sites excluding steroid dienone is 8. The van der Waals surface area contributed by atoms with Crippen LogP contribution in [0.15, 0.2) is 48.6 Å². The Bertz CT molecular complexity index is 1340. The Labute approximate surface area is 499 Å². The average molecular weight is 1120 g/mol. The van der Waals surface area contributed by atoms with Gasteiger partial charge in [-0.25, -0.2) is 0 Å². The molecule has 0 radical (unpaired) electrons. The second-order valence-corrected chi connectivity index (χ2v) is 24.6. The highest BCUT2D eigenvalue weighted by Crippen LogP contribution is 2.18. The van der Waals surface area contributed by atoms with Crippen LogP contribution in [-0.2, 0) is 14.3 Å². The fraction of sp³-hybridized carbons (Fsp3) is 0.865. The Kier molecular flexibility index (Phi) is 67.4. The molecule has 0 fully saturated rings. The zero-order chi connectivity index (χ0) is 57.8. The highest BCUT2D eigenvalue weighted by molar-refractivity contribution is 5.76. The summed E-state index contributed by atoms with van der Waals surface area (Å²) in [5.74, 6) is -0.0266. The first kappa shape index (κ1) is 77.8. The van der Waals surface area contributed by atoms with E-state index in [2.05, 4.69) is 67.8 Å². The van der Waals surface area contributed by atoms with Gasteiger partial charge in [0.05, 0.1) is 25.4 Å². The first-order valence-electron chi connectivity index (χ1n) is 35.9. The maximum atomic E-state index is 12.5. The zero-order valence-corrected chi connectivity index (χ0v) is 53.8. The quantitative estimate of drug-likeness (QED) is 0.0320. The number of hydrogen-bond acceptors (Lipinski definition) is 5. The summed E-state index contributed by atoms with van der Waals surface area (Å²) in [7, 11) is 0. The molecule has 0 aromatic rings. The van der Waals surface area contributed by atoms with Gasteiger partial charge in [-0.1, -0.05) is 332 Å². The van der Waals surface area contributed by atoms with E-state index in [-0.39, 0.29) is 18.5 Å². The topological polar surface area (TPSA) is 95.9 Å². The molecule has 470 valence electrons. The van der Waals surface area contributed by atoms with Crippen molar-refractivity contribution in [2.24, 2.45) is 0 Å². The molecule has 2 unspecified atom stereocenters. The number of esters is 1. The second-order valence-electron chi connectivity index (χ2n) is 24.6. The van der Waals surface area contributed by atoms with Crippen molar-refractivity contribution >= 4 is 11.9 Å². The number of rotatable bonds is 67. The van der Waals surface area contributed by atoms with E-state index in [0.29, 0.717) is 25.9 Å². The molecule has 0 aromatic heterocycles. The smallest absolute Gasteiger partial charge is 0.305 e. The third-order valence-corrected chi connectivity index (χ3v) is 16.6. The van der Waals surface area contributed by atoms with Crippen LogP contribution in [-0.4, -0.2) is 47.4 Å². The SMILES string of the molecule is CCCCC/C=C\C/C=C\CCCCCCCCCC(=O)OCCCCCCCCCCC/C=C\C/C=C\CCCCCCCCCCCCCCCCCC(=O)NC(CO)C(O)CCCCCCCCCCCCCCCCC. The second kappa shape index (κ2) is 69.3. The van der Waals surface area contributed by atoms with Crippen LogP contribution in [0.3, 0.4) is 0 Å². The van der Waals surface area contributed by atoms with E-state index in [1.807, 2.05) is 0 Å². The maximum absolute atomic E-state index is 12.5. The normalized spacial score (nSPS) is 12.8. The van der Waals surface area contributed by atoms with E-state index in [1.54, 1.807) is 0 Å². The lowest BCUT2D eigenvalue weighted by molar-refractivity contribution is -0.143. The fourth-order valence-electron chi connectivity index (χ4n) is 11.1. The van der Waals surface area contributed by atoms with Gasteiger partial charge >= 0.3 is 5.97 Å². The highest BCUT2D eigenvalue weighted by atomic mass is 16.5. The van der Waals surface area contributed by atoms with Gasteiger partial charge in [0, 0.05) is 12.8 Å². The monoisotopic (exact) mass is 1120 g/mol. The summed E-state index contributed by atoms with van der Waals surface area (Å²) in [6.45, 7) is 4.95. The lowest BCUT2D eigenvalue weighted by Crippen LogP contribution is -2.45. The minimum absolute atomic E-state index is 0.00556. The van der Waals surface area contributed by atoms with Crippen molar-refractivity contribution < 1.29 is 24.5 Å². The number of carbonyl (C=O) groups is 2. The first-order chi connectivity index (χ1) is 39.5. The van der Waals surface area contributed by atoms with E-state index >= 15 is 0 Å². The fourth-order valence-corrected chi connectivity index (χ4v) is 11.1. The van der Waals surface area contributed by atoms with Crippen LogP contribution in [0.1, 0.15) is 386 Å². The molecule has 6 heteroatoms. The molecule has 0 rings (SSSR count). The van der Waals surface area contributed by atoms with Gasteiger partial charge in [0.2, 0.25) is 5.91 Å². The van der Waals surface area contributed by atoms with E-state index in [9.17, 15) is 19.8 Å². The summed E-state index contributed by atoms with van der Waals surface area (Å²) >= 11 is 0. The number of nitrogens with one attached hydrogen (secondary N) is 1. The zero-order valence-electron chi connectivity index (χ0n) is 53.8. The van der Waals surface area contributed by atoms with Gasteiger partial charge < -0.3 is 20.3 Å². The summed E-state index contributed by atoms with van der Waals surface area (Å²) in [5.41, 5.74) is 0. The van der Waals surface area contributed by atoms with Gasteiger partial charge in [-0.05, 0) is 89.9 Å². The number of ether oxygens (including phenoxy) is 1. The Balaban J connectivity index is 3.39. The number of aliphatic hydroxyl groups is 2. The van der Waals surface area contributed by atoms with Crippen LogP contribution >= 0.6 is 0 Å². The summed E-state index contributed by atoms with van der Waals surface area (Å²) < 4.78 is 5.49. The molecule has 0 spiro atoms. The van der Waals surface area contributed by atoms with E-state index in [0.717, 1.165) is 57.8 Å². The number of aliphatic hydroxyl groups excluding tert-OH is 2. The van der Waals surface area contributed by atoms with Crippen molar-refractivity contribution in [3.63, 3.8) is 0 Å². The molecule has 0 aromatic carbocycles. The molecule has 80 heavy (non-hydrogen) atoms. The molecule has 3 N–H and O–H groups in total. The predicted octanol–water partition coefficient (Wildman–Crippen LogP) is 23.3. The average Bonchev–Trinajstić information content (AvgIpc) is 3.46. The highest BCUT2D eigenvalue weighted by Gasteiger charge is 2.20. The third-order valence-electron chi connectivity index (χ3n) is 16.6. The Morgan fingerprint density at radius 3 is 0.975 bits per heavy atom. The third kappa shape index (κ3) is 65.0. The summed E-state index contributed by atoms with van der Waals surface area (Å²) in [6.07, 6.45) is 90.2. The number of unbranched alkanes of at least 4 members (excludes halogenated alkanes) is 48. The van der Waals surface area contributed by atoms with Crippen molar-refractivity contribution in [1.29, 1.82) is 0 Å². The van der Waals surface area contributed by atoms with Crippen LogP contribution in [0.5, 0.6) is 0 Å². The molecule has 0 heterocycles. The molecule has 0 aliphatic carbocycles. The Morgan fingerprint density at radius 2 is 0.625 bits per heavy atom. The minimum Gasteiger partial charge on any atom is -0.466 e. The van der Waals surface area contributed by atoms with Crippen LogP contribution in [0, 0.1) is 0 Å². The number of amides is 1. The van der Waals surface area contributed by atoms with Crippen molar-refractivity contribution in [3.8, 4) is 0 Å². The molecule has 0 bridgehead atoms. The van der Waals surface area contributed by atoms with Gasteiger partial charge in [-0.15, -0.1) is 0 Å². The lowest BCUT2D eigenvalue weighted by Gasteiger charge is -2.22. The van der Waals surface area contributed by atoms with Crippen LogP contribution in [0.25, 0.3) is 0 Å². The van der Waals surface area contributed by atoms with Gasteiger partial charge in [0.15, 0.2) is 0 Å². The standard InChI is InChI=1S/C74H139NO5/c1-3-5-7-9-11-13-15-17-19-35-40-44-48-52-56-60-64-68-74(79)80-69-65-61-57-53-49-45-41-37-34-32-30-28-26-24-22-20-21-23-25-27-29-31-33-36-39-43-47-51-55-59-63-67-73(78)75-71(70-76)72(77)66-62-58-54-50-46-42-38-18-16-14-12-10-8-6-4-2/h11,13,17,19,22,24,28,30,71-72,76-77H,3-10,12,14-16,18,20-21,23,25-27,29,31-70H2,1-2H3,(H,75,78)/b13-11-,19-17-,24-22-,30-28-. The summed E-state index contributed by atoms with van der Waals surface area (Å²) in [4.78, 5) is 24.6. The summed E-state index contributed by atoms with van der Waals surface area (Å²) in [6, 6.07) is -0.541. The molecular weight excluding hydrogens is 983 g/mol. The van der Waals surface area contributed by atoms with Gasteiger partial charge in [0.25, 0.3) is 0 Å². The molecule has 0 saturated carbocycles. The number of carbonyl (C=O) groups excluding carboxylic acids is 2. The van der Waals surface area contributed by atoms with Crippen molar-refractivity contribution in [1.82, 2.24) is 5.32 Å². The first-order valence-corrected chi connectivity index (χ1v) is 35.9. The van der Waals surface area contributed by atoms with E-state index < -0.39 is 12.1 Å². The van der Waals surface area contributed by atoms with Crippen molar-refractivity contribution in [2.75, 3.05) is 13.2 Å². The van der Waals surface area contributed by atoms with Crippen LogP contribution in [0.4, 0.5) is 0 Å². The van der Waals surface area contributed by atoms with Gasteiger partial charge in [-0.2, -0.15) is 0 Å². The Hall–Kier alpha value is -2.18. The Morgan fingerprint density at radius 1 is 0.350 bits per heavy atom. The molecule has 1 amide bonds. The lowest BCUT2D eigenvalue weighted by atomic mass is 10.0.